The molecule has 0 aliphatic carbocycles. The lowest BCUT2D eigenvalue weighted by Crippen LogP contribution is -2.17. The molecule has 0 saturated heterocycles. The average molecular weight is 171 g/mol. The van der Waals surface area contributed by atoms with Gasteiger partial charge in [-0.1, -0.05) is 38.8 Å². The minimum atomic E-state index is 0.0601. The van der Waals surface area contributed by atoms with Crippen LogP contribution in [0.1, 0.15) is 52.9 Å². The van der Waals surface area contributed by atoms with Crippen molar-refractivity contribution in [2.75, 3.05) is 0 Å². The van der Waals surface area contributed by atoms with Gasteiger partial charge in [0.1, 0.15) is 0 Å². The quantitative estimate of drug-likeness (QED) is 0.536. The second kappa shape index (κ2) is 7.26. The normalized spacial score (nSPS) is 13.3. The van der Waals surface area contributed by atoms with Gasteiger partial charge in [-0.05, 0) is 25.2 Å². The summed E-state index contributed by atoms with van der Waals surface area (Å²) >= 11 is 0. The topological polar surface area (TPSA) is 29.4 Å². The summed E-state index contributed by atoms with van der Waals surface area (Å²) in [6.45, 7) is 6.38. The first-order chi connectivity index (χ1) is 5.79. The van der Waals surface area contributed by atoms with Gasteiger partial charge in [-0.3, -0.25) is 0 Å². The number of rotatable bonds is 7. The summed E-state index contributed by atoms with van der Waals surface area (Å²) in [4.78, 5) is 10.5. The van der Waals surface area contributed by atoms with E-state index in [2.05, 4.69) is 19.0 Å². The number of hydrogen-bond acceptors (Lipinski definition) is 2. The molecular weight excluding hydrogens is 150 g/mol. The predicted octanol–water partition coefficient (Wildman–Crippen LogP) is 3.75. The first-order valence-corrected chi connectivity index (χ1v) is 5.12. The minimum Gasteiger partial charge on any atom is -0.151 e. The Kier molecular flexibility index (Phi) is 7.02. The maximum absolute atomic E-state index is 10.5. The van der Waals surface area contributed by atoms with Crippen LogP contribution in [0.5, 0.6) is 0 Å². The molecule has 0 heterocycles. The molecule has 0 bridgehead atoms. The van der Waals surface area contributed by atoms with Crippen molar-refractivity contribution in [1.29, 1.82) is 0 Å². The molecule has 0 aromatic carbocycles. The molecular formula is C10H21NO. The standard InChI is InChI=1S/C10H21NO/c1-4-7-9(8-5-2)10(6-3)11-12/h9-10H,4-8H2,1-3H3. The monoisotopic (exact) mass is 171 g/mol. The molecule has 2 nitrogen and oxygen atoms in total. The van der Waals surface area contributed by atoms with Crippen molar-refractivity contribution in [3.8, 4) is 0 Å². The van der Waals surface area contributed by atoms with Crippen molar-refractivity contribution < 1.29 is 0 Å². The van der Waals surface area contributed by atoms with Gasteiger partial charge >= 0.3 is 0 Å². The fourth-order valence-electron chi connectivity index (χ4n) is 1.76. The molecule has 2 heteroatoms. The fraction of sp³-hybridized carbons (Fsp3) is 1.00. The molecule has 0 aliphatic rings. The Hall–Kier alpha value is -0.400. The van der Waals surface area contributed by atoms with Crippen molar-refractivity contribution in [2.45, 2.75) is 58.9 Å². The van der Waals surface area contributed by atoms with E-state index in [0.717, 1.165) is 32.1 Å². The van der Waals surface area contributed by atoms with Crippen LogP contribution in [0.4, 0.5) is 0 Å². The summed E-state index contributed by atoms with van der Waals surface area (Å²) in [7, 11) is 0. The van der Waals surface area contributed by atoms with Crippen LogP contribution in [-0.2, 0) is 0 Å². The van der Waals surface area contributed by atoms with Gasteiger partial charge in [0, 0.05) is 0 Å². The van der Waals surface area contributed by atoms with Gasteiger partial charge in [-0.2, -0.15) is 4.91 Å². The van der Waals surface area contributed by atoms with Crippen molar-refractivity contribution in [2.24, 2.45) is 11.1 Å². The highest BCUT2D eigenvalue weighted by Crippen LogP contribution is 2.22. The van der Waals surface area contributed by atoms with E-state index in [1.807, 2.05) is 6.92 Å². The van der Waals surface area contributed by atoms with Crippen molar-refractivity contribution >= 4 is 0 Å². The van der Waals surface area contributed by atoms with Gasteiger partial charge in [-0.25, -0.2) is 0 Å². The predicted molar refractivity (Wildman–Crippen MR) is 53.2 cm³/mol. The Bertz CT molecular complexity index is 108. The molecule has 0 fully saturated rings. The summed E-state index contributed by atoms with van der Waals surface area (Å²) < 4.78 is 0. The van der Waals surface area contributed by atoms with E-state index in [4.69, 9.17) is 0 Å². The van der Waals surface area contributed by atoms with Crippen LogP contribution < -0.4 is 0 Å². The highest BCUT2D eigenvalue weighted by Gasteiger charge is 2.18. The molecule has 0 aromatic rings. The molecule has 0 rings (SSSR count). The Labute approximate surface area is 75.7 Å². The van der Waals surface area contributed by atoms with E-state index in [-0.39, 0.29) is 6.04 Å². The number of nitrogens with zero attached hydrogens (tertiary/aromatic N) is 1. The highest BCUT2D eigenvalue weighted by atomic mass is 16.3. The lowest BCUT2D eigenvalue weighted by atomic mass is 9.89. The molecule has 12 heavy (non-hydrogen) atoms. The van der Waals surface area contributed by atoms with Crippen molar-refractivity contribution in [3.63, 3.8) is 0 Å². The molecule has 72 valence electrons. The van der Waals surface area contributed by atoms with E-state index in [9.17, 15) is 4.91 Å². The van der Waals surface area contributed by atoms with Crippen LogP contribution in [0, 0.1) is 10.8 Å². The van der Waals surface area contributed by atoms with Crippen LogP contribution in [0.2, 0.25) is 0 Å². The number of nitroso groups, excluding NO2 is 1. The first-order valence-electron chi connectivity index (χ1n) is 5.12. The van der Waals surface area contributed by atoms with E-state index in [0.29, 0.717) is 5.92 Å². The van der Waals surface area contributed by atoms with E-state index in [1.165, 1.54) is 0 Å². The molecule has 0 N–H and O–H groups in total. The van der Waals surface area contributed by atoms with Gasteiger partial charge in [0.25, 0.3) is 0 Å². The lowest BCUT2D eigenvalue weighted by molar-refractivity contribution is 0.355. The molecule has 1 unspecified atom stereocenters. The molecule has 0 radical (unpaired) electrons. The summed E-state index contributed by atoms with van der Waals surface area (Å²) in [6.07, 6.45) is 5.53. The van der Waals surface area contributed by atoms with Crippen LogP contribution in [0.15, 0.2) is 5.18 Å². The SMILES string of the molecule is CCCC(CCC)C(CC)N=O. The van der Waals surface area contributed by atoms with Crippen molar-refractivity contribution in [1.82, 2.24) is 0 Å². The van der Waals surface area contributed by atoms with E-state index >= 15 is 0 Å². The van der Waals surface area contributed by atoms with Gasteiger partial charge in [0.05, 0.1) is 6.04 Å². The van der Waals surface area contributed by atoms with Crippen LogP contribution in [-0.4, -0.2) is 6.04 Å². The fourth-order valence-corrected chi connectivity index (χ4v) is 1.76. The third-order valence-electron chi connectivity index (χ3n) is 2.42. The van der Waals surface area contributed by atoms with Gasteiger partial charge in [0.2, 0.25) is 0 Å². The van der Waals surface area contributed by atoms with Gasteiger partial charge in [0.15, 0.2) is 0 Å². The summed E-state index contributed by atoms with van der Waals surface area (Å²) in [5.41, 5.74) is 0. The third kappa shape index (κ3) is 3.84. The maximum atomic E-state index is 10.5. The van der Waals surface area contributed by atoms with Gasteiger partial charge in [-0.15, -0.1) is 0 Å². The summed E-state index contributed by atoms with van der Waals surface area (Å²) in [6, 6.07) is 0.0601. The Morgan fingerprint density at radius 1 is 1.08 bits per heavy atom. The van der Waals surface area contributed by atoms with E-state index < -0.39 is 0 Å². The van der Waals surface area contributed by atoms with Crippen LogP contribution >= 0.6 is 0 Å². The highest BCUT2D eigenvalue weighted by molar-refractivity contribution is 4.73. The second-order valence-corrected chi connectivity index (χ2v) is 3.42. The molecule has 0 aliphatic heterocycles. The Balaban J connectivity index is 3.94. The molecule has 1 atom stereocenters. The molecule has 0 aromatic heterocycles. The zero-order chi connectivity index (χ0) is 9.40. The maximum Gasteiger partial charge on any atom is 0.0945 e. The van der Waals surface area contributed by atoms with Crippen LogP contribution in [0.25, 0.3) is 0 Å². The lowest BCUT2D eigenvalue weighted by Gasteiger charge is -2.18. The Morgan fingerprint density at radius 2 is 1.58 bits per heavy atom. The summed E-state index contributed by atoms with van der Waals surface area (Å²) in [5, 5.41) is 3.19. The minimum absolute atomic E-state index is 0.0601. The smallest absolute Gasteiger partial charge is 0.0945 e. The zero-order valence-electron chi connectivity index (χ0n) is 8.55. The second-order valence-electron chi connectivity index (χ2n) is 3.42. The molecule has 0 spiro atoms. The Morgan fingerprint density at radius 3 is 1.83 bits per heavy atom. The first kappa shape index (κ1) is 11.6. The molecule has 0 saturated carbocycles. The molecule has 0 amide bonds. The van der Waals surface area contributed by atoms with E-state index in [1.54, 1.807) is 0 Å². The summed E-state index contributed by atoms with van der Waals surface area (Å²) in [5.74, 6) is 0.530. The van der Waals surface area contributed by atoms with Crippen LogP contribution in [0.3, 0.4) is 0 Å². The van der Waals surface area contributed by atoms with Gasteiger partial charge < -0.3 is 0 Å². The third-order valence-corrected chi connectivity index (χ3v) is 2.42. The van der Waals surface area contributed by atoms with Crippen molar-refractivity contribution in [3.05, 3.63) is 4.91 Å². The largest absolute Gasteiger partial charge is 0.151 e. The number of hydrogen-bond donors (Lipinski definition) is 0. The average Bonchev–Trinajstić information content (AvgIpc) is 2.07. The zero-order valence-corrected chi connectivity index (χ0v) is 8.55.